The summed E-state index contributed by atoms with van der Waals surface area (Å²) in [6.07, 6.45) is 6.38. The Balaban J connectivity index is 0.000000815. The van der Waals surface area contributed by atoms with Crippen molar-refractivity contribution >= 4 is 50.6 Å². The number of anilines is 1. The van der Waals surface area contributed by atoms with Crippen LogP contribution in [0.25, 0.3) is 27.6 Å². The number of carbonyl (C=O) groups is 1. The van der Waals surface area contributed by atoms with Crippen LogP contribution in [0.4, 0.5) is 11.4 Å². The van der Waals surface area contributed by atoms with Crippen molar-refractivity contribution in [2.75, 3.05) is 30.1 Å². The van der Waals surface area contributed by atoms with Crippen LogP contribution in [0.15, 0.2) is 86.5 Å². The number of quaternary nitrogens is 1. The molecule has 1 aromatic heterocycles. The third-order valence-corrected chi connectivity index (χ3v) is 11.0. The van der Waals surface area contributed by atoms with Crippen LogP contribution >= 0.6 is 11.6 Å². The van der Waals surface area contributed by atoms with Gasteiger partial charge in [-0.1, -0.05) is 66.9 Å². The number of furan rings is 1. The van der Waals surface area contributed by atoms with Crippen LogP contribution in [-0.2, 0) is 19.6 Å². The second-order valence-corrected chi connectivity index (χ2v) is 15.0. The molecule has 0 fully saturated rings. The van der Waals surface area contributed by atoms with Gasteiger partial charge in [-0.15, -0.1) is 0 Å². The maximum Gasteiger partial charge on any atom is 0.355 e. The van der Waals surface area contributed by atoms with Crippen LogP contribution in [0.5, 0.6) is 5.95 Å². The molecule has 2 heterocycles. The molecular weight excluding hydrogens is 712 g/mol. The van der Waals surface area contributed by atoms with Gasteiger partial charge in [0.15, 0.2) is 0 Å². The molecule has 0 radical (unpaired) electrons. The fraction of sp³-hybridized carbons (Fsp3) is 0.341. The fourth-order valence-electron chi connectivity index (χ4n) is 6.04. The number of unbranched alkanes of at least 4 members (excludes halogenated alkanes) is 1. The number of cyclic esters (lactones) is 1. The number of nitriles is 1. The highest BCUT2D eigenvalue weighted by Crippen LogP contribution is 2.45. The summed E-state index contributed by atoms with van der Waals surface area (Å²) in [5.41, 5.74) is 4.24. The first kappa shape index (κ1) is 40.7. The maximum atomic E-state index is 12.7. The maximum absolute atomic E-state index is 12.7. The van der Waals surface area contributed by atoms with Gasteiger partial charge >= 0.3 is 5.97 Å². The van der Waals surface area contributed by atoms with Crippen LogP contribution in [0, 0.1) is 24.8 Å². The first-order chi connectivity index (χ1) is 25.4. The minimum Gasteiger partial charge on any atom is -0.590 e. The third kappa shape index (κ3) is 10.1. The first-order valence-corrected chi connectivity index (χ1v) is 19.8. The van der Waals surface area contributed by atoms with Gasteiger partial charge in [-0.05, 0) is 99.9 Å². The minimum absolute atomic E-state index is 0.00246. The van der Waals surface area contributed by atoms with Crippen LogP contribution in [0.1, 0.15) is 76.7 Å². The minimum atomic E-state index is -3.51. The van der Waals surface area contributed by atoms with Crippen molar-refractivity contribution in [1.82, 2.24) is 0 Å². The number of esters is 1. The van der Waals surface area contributed by atoms with Crippen molar-refractivity contribution in [2.24, 2.45) is 0 Å². The van der Waals surface area contributed by atoms with E-state index in [0.29, 0.717) is 64.2 Å². The quantitative estimate of drug-likeness (QED) is 0.142. The smallest absolute Gasteiger partial charge is 0.355 e. The molecule has 0 bridgehead atoms. The second-order valence-electron chi connectivity index (χ2n) is 12.7. The average molecular weight is 757 g/mol. The van der Waals surface area contributed by atoms with Gasteiger partial charge in [0.25, 0.3) is 0 Å². The number of ether oxygens (including phenoxy) is 1. The Morgan fingerprint density at radius 2 is 1.66 bits per heavy atom. The highest BCUT2D eigenvalue weighted by molar-refractivity contribution is 7.92. The molecule has 3 aromatic rings. The second kappa shape index (κ2) is 18.6. The first-order valence-electron chi connectivity index (χ1n) is 17.8. The standard InChI is InChI=1S/C35H30ClN3O6S.C6H15N/c1-4-5-17-46(42,43)39-26-15-13-22(14-16-26)30-27(20-37)34(40)44-28(30)18-24-7-6-8-25(32(24)36)19-29-31(33(38-3)35(41)45-29)23-11-9-21(2)10-12-23;1-4-7(5-2)6-3/h9-16,18-19,39,41H,4-8,17H2,1-2H3;4-6H2,1-3H3. The third-order valence-electron chi connectivity index (χ3n) is 9.13. The Labute approximate surface area is 317 Å². The molecule has 0 unspecified atom stereocenters. The van der Waals surface area contributed by atoms with Crippen LogP contribution in [0.2, 0.25) is 0 Å². The predicted molar refractivity (Wildman–Crippen MR) is 207 cm³/mol. The summed E-state index contributed by atoms with van der Waals surface area (Å²) < 4.78 is 38.2. The predicted octanol–water partition coefficient (Wildman–Crippen LogP) is 7.83. The molecule has 53 heavy (non-hydrogen) atoms. The number of hydrogen-bond donors (Lipinski definition) is 2. The van der Waals surface area contributed by atoms with E-state index in [1.165, 1.54) is 19.6 Å². The average Bonchev–Trinajstić information content (AvgIpc) is 3.64. The molecule has 278 valence electrons. The van der Waals surface area contributed by atoms with Crippen molar-refractivity contribution in [3.63, 3.8) is 0 Å². The van der Waals surface area contributed by atoms with Gasteiger partial charge in [0, 0.05) is 27.6 Å². The Morgan fingerprint density at radius 1 is 1.02 bits per heavy atom. The van der Waals surface area contributed by atoms with Gasteiger partial charge in [-0.25, -0.2) is 18.1 Å². The molecule has 10 nitrogen and oxygen atoms in total. The summed E-state index contributed by atoms with van der Waals surface area (Å²) in [5.74, 6) is -1.16. The van der Waals surface area contributed by atoms with Crippen molar-refractivity contribution < 1.29 is 32.4 Å². The van der Waals surface area contributed by atoms with E-state index in [1.807, 2.05) is 44.2 Å². The Bertz CT molecular complexity index is 2120. The summed E-state index contributed by atoms with van der Waals surface area (Å²) >= 11 is 6.90. The number of sulfonamides is 1. The van der Waals surface area contributed by atoms with Gasteiger partial charge in [-0.2, -0.15) is 5.26 Å². The van der Waals surface area contributed by atoms with Gasteiger partial charge in [0.1, 0.15) is 17.4 Å². The Kier molecular flexibility index (Phi) is 14.3. The number of nitrogens with zero attached hydrogens (tertiary/aromatic N) is 2. The van der Waals surface area contributed by atoms with E-state index in [0.717, 1.165) is 12.0 Å². The number of carbonyl (C=O) groups excluding carboxylic acids is 1. The Morgan fingerprint density at radius 3 is 2.23 bits per heavy atom. The van der Waals surface area contributed by atoms with Gasteiger partial charge < -0.3 is 19.2 Å². The molecule has 2 aromatic carbocycles. The van der Waals surface area contributed by atoms with Crippen LogP contribution < -0.4 is 14.7 Å². The summed E-state index contributed by atoms with van der Waals surface area (Å²) in [6, 6.07) is 15.7. The molecule has 1 aliphatic carbocycles. The number of halogens is 1. The molecule has 1 aliphatic heterocycles. The molecule has 2 N–H and O–H groups in total. The molecule has 0 amide bonds. The Hall–Kier alpha value is -5.07. The van der Waals surface area contributed by atoms with Gasteiger partial charge in [-0.3, -0.25) is 4.72 Å². The number of nitrogens with one attached hydrogen (secondary N) is 2. The fourth-order valence-corrected chi connectivity index (χ4v) is 7.60. The lowest BCUT2D eigenvalue weighted by atomic mass is 9.91. The number of benzene rings is 2. The SMILES string of the molecule is CC[NH+](CC)CC.[C-]#[N+]c1c([O-])oc(C=C2CCCC(C=C3OC(=O)C(C#N)=C3c3ccc(NS(=O)(=O)CCCC)cc3)=C2Cl)c1-c1ccc(C)cc1. The van der Waals surface area contributed by atoms with E-state index in [4.69, 9.17) is 27.3 Å². The summed E-state index contributed by atoms with van der Waals surface area (Å²) in [5, 5.41) is 22.7. The lowest BCUT2D eigenvalue weighted by Gasteiger charge is -2.18. The van der Waals surface area contributed by atoms with E-state index in [-0.39, 0.29) is 34.1 Å². The zero-order chi connectivity index (χ0) is 38.7. The zero-order valence-electron chi connectivity index (χ0n) is 30.8. The molecule has 2 aliphatic rings. The molecule has 12 heteroatoms. The zero-order valence-corrected chi connectivity index (χ0v) is 32.3. The summed E-state index contributed by atoms with van der Waals surface area (Å²) in [6.45, 7) is 21.9. The molecule has 0 atom stereocenters. The molecule has 5 rings (SSSR count). The van der Waals surface area contributed by atoms with E-state index >= 15 is 0 Å². The largest absolute Gasteiger partial charge is 0.590 e. The summed E-state index contributed by atoms with van der Waals surface area (Å²) in [4.78, 5) is 17.8. The number of aryl methyl sites for hydroxylation is 1. The van der Waals surface area contributed by atoms with Crippen molar-refractivity contribution in [1.29, 1.82) is 5.26 Å². The molecule has 0 saturated heterocycles. The topological polar surface area (TPSA) is 141 Å². The van der Waals surface area contributed by atoms with E-state index in [2.05, 4.69) is 30.3 Å². The molecular formula is C41H45ClN4O6S. The van der Waals surface area contributed by atoms with Crippen molar-refractivity contribution in [2.45, 2.75) is 66.7 Å². The van der Waals surface area contributed by atoms with E-state index in [1.54, 1.807) is 41.3 Å². The lowest BCUT2D eigenvalue weighted by molar-refractivity contribution is -0.894. The van der Waals surface area contributed by atoms with Gasteiger partial charge in [0.05, 0.1) is 37.9 Å². The molecule has 0 saturated carbocycles. The summed E-state index contributed by atoms with van der Waals surface area (Å²) in [7, 11) is -3.51. The number of rotatable bonds is 12. The van der Waals surface area contributed by atoms with Gasteiger partial charge in [0.2, 0.25) is 15.7 Å². The number of allylic oxidation sites excluding steroid dienone is 5. The molecule has 0 spiro atoms. The van der Waals surface area contributed by atoms with Crippen LogP contribution in [0.3, 0.4) is 0 Å². The number of hydrogen-bond acceptors (Lipinski definition) is 7. The van der Waals surface area contributed by atoms with Crippen molar-refractivity contribution in [3.8, 4) is 23.1 Å². The van der Waals surface area contributed by atoms with E-state index < -0.39 is 21.9 Å². The highest BCUT2D eigenvalue weighted by Gasteiger charge is 2.32. The lowest BCUT2D eigenvalue weighted by Crippen LogP contribution is -3.11. The normalized spacial score (nSPS) is 16.1. The van der Waals surface area contributed by atoms with Crippen LogP contribution in [-0.4, -0.2) is 39.8 Å². The van der Waals surface area contributed by atoms with E-state index in [9.17, 15) is 23.6 Å². The monoisotopic (exact) mass is 756 g/mol. The highest BCUT2D eigenvalue weighted by atomic mass is 35.5. The van der Waals surface area contributed by atoms with Crippen molar-refractivity contribution in [3.05, 3.63) is 110 Å².